The van der Waals surface area contributed by atoms with Crippen molar-refractivity contribution in [3.63, 3.8) is 0 Å². The van der Waals surface area contributed by atoms with Crippen molar-refractivity contribution in [3.8, 4) is 11.1 Å². The lowest BCUT2D eigenvalue weighted by Gasteiger charge is -2.30. The van der Waals surface area contributed by atoms with Crippen molar-refractivity contribution in [2.75, 3.05) is 19.4 Å². The van der Waals surface area contributed by atoms with Gasteiger partial charge in [-0.15, -0.1) is 0 Å². The molecule has 5 rings (SSSR count). The maximum Gasteiger partial charge on any atom is 0.311 e. The standard InChI is InChI=1S/C29H28N4O3/c1-36-29(35)24(17-19-9-14-25-23(16-19)27(30)32-18-31-25)26-8-5-15-33(26)28(34)22-12-10-21(11-13-22)20-6-3-2-4-7-20/h2-4,6-7,9-14,16,18,24,26H,5,8,15,17H2,1H3,(H2,30,31,32). The van der Waals surface area contributed by atoms with Crippen LogP contribution < -0.4 is 5.73 Å². The molecule has 1 saturated heterocycles. The first-order valence-electron chi connectivity index (χ1n) is 12.1. The lowest BCUT2D eigenvalue weighted by molar-refractivity contribution is -0.147. The molecule has 1 aliphatic heterocycles. The van der Waals surface area contributed by atoms with Crippen LogP contribution in [0, 0.1) is 5.92 Å². The summed E-state index contributed by atoms with van der Waals surface area (Å²) < 4.78 is 5.18. The van der Waals surface area contributed by atoms with Gasteiger partial charge in [0, 0.05) is 23.5 Å². The number of esters is 1. The van der Waals surface area contributed by atoms with Crippen LogP contribution in [0.25, 0.3) is 22.0 Å². The second-order valence-electron chi connectivity index (χ2n) is 9.10. The van der Waals surface area contributed by atoms with Crippen LogP contribution in [0.5, 0.6) is 0 Å². The summed E-state index contributed by atoms with van der Waals surface area (Å²) in [6, 6.07) is 23.2. The van der Waals surface area contributed by atoms with E-state index in [-0.39, 0.29) is 17.9 Å². The Morgan fingerprint density at radius 3 is 2.53 bits per heavy atom. The summed E-state index contributed by atoms with van der Waals surface area (Å²) >= 11 is 0. The number of anilines is 1. The van der Waals surface area contributed by atoms with E-state index in [0.717, 1.165) is 40.4 Å². The Balaban J connectivity index is 1.39. The number of amides is 1. The molecule has 4 aromatic rings. The fourth-order valence-electron chi connectivity index (χ4n) is 5.10. The number of likely N-dealkylation sites (tertiary alicyclic amines) is 1. The lowest BCUT2D eigenvalue weighted by Crippen LogP contribution is -2.44. The summed E-state index contributed by atoms with van der Waals surface area (Å²) in [5.41, 5.74) is 10.5. The molecule has 0 saturated carbocycles. The maximum atomic E-state index is 13.5. The Morgan fingerprint density at radius 1 is 1.03 bits per heavy atom. The van der Waals surface area contributed by atoms with Crippen LogP contribution in [0.1, 0.15) is 28.8 Å². The normalized spacial score (nSPS) is 16.1. The zero-order valence-electron chi connectivity index (χ0n) is 20.1. The number of nitrogens with zero attached hydrogens (tertiary/aromatic N) is 3. The van der Waals surface area contributed by atoms with E-state index in [2.05, 4.69) is 9.97 Å². The molecule has 1 aliphatic rings. The van der Waals surface area contributed by atoms with Gasteiger partial charge in [-0.05, 0) is 60.2 Å². The molecular formula is C29H28N4O3. The van der Waals surface area contributed by atoms with Crippen LogP contribution in [0.4, 0.5) is 5.82 Å². The summed E-state index contributed by atoms with van der Waals surface area (Å²) in [6.45, 7) is 0.607. The number of nitrogen functional groups attached to an aromatic ring is 1. The van der Waals surface area contributed by atoms with E-state index >= 15 is 0 Å². The third-order valence-corrected chi connectivity index (χ3v) is 6.95. The number of benzene rings is 3. The van der Waals surface area contributed by atoms with Crippen molar-refractivity contribution >= 4 is 28.6 Å². The summed E-state index contributed by atoms with van der Waals surface area (Å²) in [4.78, 5) is 36.6. The fourth-order valence-corrected chi connectivity index (χ4v) is 5.10. The Bertz CT molecular complexity index is 1390. The minimum absolute atomic E-state index is 0.0674. The maximum absolute atomic E-state index is 13.5. The Morgan fingerprint density at radius 2 is 1.78 bits per heavy atom. The average Bonchev–Trinajstić information content (AvgIpc) is 3.41. The molecule has 7 nitrogen and oxygen atoms in total. The first-order valence-corrected chi connectivity index (χ1v) is 12.1. The van der Waals surface area contributed by atoms with Crippen LogP contribution in [0.2, 0.25) is 0 Å². The second kappa shape index (κ2) is 10.2. The van der Waals surface area contributed by atoms with Crippen molar-refractivity contribution in [2.45, 2.75) is 25.3 Å². The van der Waals surface area contributed by atoms with Crippen LogP contribution in [0.3, 0.4) is 0 Å². The monoisotopic (exact) mass is 480 g/mol. The predicted octanol–water partition coefficient (Wildman–Crippen LogP) is 4.52. The molecule has 2 heterocycles. The first kappa shape index (κ1) is 23.5. The Kier molecular flexibility index (Phi) is 6.62. The lowest BCUT2D eigenvalue weighted by atomic mass is 9.89. The summed E-state index contributed by atoms with van der Waals surface area (Å²) in [7, 11) is 1.39. The van der Waals surface area contributed by atoms with Crippen LogP contribution >= 0.6 is 0 Å². The van der Waals surface area contributed by atoms with Gasteiger partial charge in [0.1, 0.15) is 12.1 Å². The molecule has 1 aromatic heterocycles. The molecule has 1 fully saturated rings. The molecule has 2 N–H and O–H groups in total. The SMILES string of the molecule is COC(=O)C(Cc1ccc2ncnc(N)c2c1)C1CCCN1C(=O)c1ccc(-c2ccccc2)cc1. The van der Waals surface area contributed by atoms with Crippen molar-refractivity contribution < 1.29 is 14.3 Å². The van der Waals surface area contributed by atoms with Crippen molar-refractivity contribution in [1.29, 1.82) is 0 Å². The summed E-state index contributed by atoms with van der Waals surface area (Å²) in [5.74, 6) is -0.486. The van der Waals surface area contributed by atoms with Gasteiger partial charge >= 0.3 is 5.97 Å². The number of ether oxygens (including phenoxy) is 1. The number of hydrogen-bond donors (Lipinski definition) is 1. The van der Waals surface area contributed by atoms with Crippen molar-refractivity contribution in [1.82, 2.24) is 14.9 Å². The zero-order chi connectivity index (χ0) is 25.1. The molecule has 182 valence electrons. The van der Waals surface area contributed by atoms with E-state index in [1.54, 1.807) is 0 Å². The van der Waals surface area contributed by atoms with E-state index in [9.17, 15) is 9.59 Å². The van der Waals surface area contributed by atoms with E-state index < -0.39 is 5.92 Å². The van der Waals surface area contributed by atoms with E-state index in [1.165, 1.54) is 13.4 Å². The third kappa shape index (κ3) is 4.64. The van der Waals surface area contributed by atoms with E-state index in [0.29, 0.717) is 24.3 Å². The van der Waals surface area contributed by atoms with Crippen LogP contribution in [-0.2, 0) is 16.0 Å². The highest BCUT2D eigenvalue weighted by Gasteiger charge is 2.39. The fraction of sp³-hybridized carbons (Fsp3) is 0.241. The van der Waals surface area contributed by atoms with Gasteiger partial charge in [-0.25, -0.2) is 9.97 Å². The Labute approximate surface area is 209 Å². The number of methoxy groups -OCH3 is 1. The second-order valence-corrected chi connectivity index (χ2v) is 9.10. The minimum atomic E-state index is -0.492. The largest absolute Gasteiger partial charge is 0.469 e. The van der Waals surface area contributed by atoms with Crippen molar-refractivity contribution in [2.24, 2.45) is 5.92 Å². The summed E-state index contributed by atoms with van der Waals surface area (Å²) in [6.07, 6.45) is 3.44. The van der Waals surface area contributed by atoms with Gasteiger partial charge in [0.15, 0.2) is 0 Å². The minimum Gasteiger partial charge on any atom is -0.469 e. The third-order valence-electron chi connectivity index (χ3n) is 6.95. The first-order chi connectivity index (χ1) is 17.5. The van der Waals surface area contributed by atoms with Gasteiger partial charge < -0.3 is 15.4 Å². The molecule has 2 atom stereocenters. The molecule has 36 heavy (non-hydrogen) atoms. The average molecular weight is 481 g/mol. The Hall–Kier alpha value is -4.26. The van der Waals surface area contributed by atoms with Gasteiger partial charge in [-0.3, -0.25) is 9.59 Å². The van der Waals surface area contributed by atoms with Gasteiger partial charge in [0.25, 0.3) is 5.91 Å². The molecule has 0 radical (unpaired) electrons. The predicted molar refractivity (Wildman–Crippen MR) is 139 cm³/mol. The highest BCUT2D eigenvalue weighted by atomic mass is 16.5. The number of carbonyl (C=O) groups is 2. The number of hydrogen-bond acceptors (Lipinski definition) is 6. The number of fused-ring (bicyclic) bond motifs is 1. The molecule has 3 aromatic carbocycles. The number of carbonyl (C=O) groups excluding carboxylic acids is 2. The number of rotatable bonds is 6. The molecular weight excluding hydrogens is 452 g/mol. The summed E-state index contributed by atoms with van der Waals surface area (Å²) in [5, 5.41) is 0.747. The molecule has 2 unspecified atom stereocenters. The van der Waals surface area contributed by atoms with Gasteiger partial charge in [0.2, 0.25) is 0 Å². The smallest absolute Gasteiger partial charge is 0.311 e. The highest BCUT2D eigenvalue weighted by molar-refractivity contribution is 5.95. The topological polar surface area (TPSA) is 98.4 Å². The molecule has 0 bridgehead atoms. The van der Waals surface area contributed by atoms with E-state index in [4.69, 9.17) is 10.5 Å². The van der Waals surface area contributed by atoms with Gasteiger partial charge in [0.05, 0.1) is 18.5 Å². The molecule has 7 heteroatoms. The van der Waals surface area contributed by atoms with Crippen LogP contribution in [0.15, 0.2) is 79.1 Å². The van der Waals surface area contributed by atoms with Crippen LogP contribution in [-0.4, -0.2) is 46.4 Å². The van der Waals surface area contributed by atoms with E-state index in [1.807, 2.05) is 77.7 Å². The molecule has 1 amide bonds. The van der Waals surface area contributed by atoms with Gasteiger partial charge in [-0.2, -0.15) is 0 Å². The van der Waals surface area contributed by atoms with Gasteiger partial charge in [-0.1, -0.05) is 48.5 Å². The molecule has 0 aliphatic carbocycles. The zero-order valence-corrected chi connectivity index (χ0v) is 20.1. The number of aromatic nitrogens is 2. The number of nitrogens with two attached hydrogens (primary N) is 1. The van der Waals surface area contributed by atoms with Crippen molar-refractivity contribution in [3.05, 3.63) is 90.3 Å². The highest BCUT2D eigenvalue weighted by Crippen LogP contribution is 2.31. The quantitative estimate of drug-likeness (QED) is 0.408. The molecule has 0 spiro atoms.